The van der Waals surface area contributed by atoms with Crippen LogP contribution in [0.25, 0.3) is 0 Å². The minimum absolute atomic E-state index is 0.141. The van der Waals surface area contributed by atoms with E-state index in [4.69, 9.17) is 5.11 Å². The Balaban J connectivity index is 2.56. The summed E-state index contributed by atoms with van der Waals surface area (Å²) in [5.74, 6) is -0.386. The Hall–Kier alpha value is -1.46. The van der Waals surface area contributed by atoms with Crippen LogP contribution in [0.3, 0.4) is 0 Å². The molecule has 0 radical (unpaired) electrons. The topological polar surface area (TPSA) is 71.5 Å². The van der Waals surface area contributed by atoms with Gasteiger partial charge in [0.2, 0.25) is 0 Å². The van der Waals surface area contributed by atoms with Crippen LogP contribution in [0, 0.1) is 0 Å². The van der Waals surface area contributed by atoms with E-state index in [-0.39, 0.29) is 18.1 Å². The van der Waals surface area contributed by atoms with E-state index in [0.29, 0.717) is 18.5 Å². The molecule has 0 aliphatic carbocycles. The average molecular weight is 252 g/mol. The highest BCUT2D eigenvalue weighted by Gasteiger charge is 2.16. The van der Waals surface area contributed by atoms with Crippen LogP contribution in [0.1, 0.15) is 36.3 Å². The van der Waals surface area contributed by atoms with Crippen LogP contribution in [0.15, 0.2) is 18.3 Å². The molecule has 0 atom stereocenters. The second kappa shape index (κ2) is 6.47. The van der Waals surface area contributed by atoms with E-state index in [1.807, 2.05) is 13.8 Å². The largest absolute Gasteiger partial charge is 0.465 e. The van der Waals surface area contributed by atoms with E-state index in [9.17, 15) is 4.79 Å². The van der Waals surface area contributed by atoms with Gasteiger partial charge in [-0.25, -0.2) is 4.79 Å². The van der Waals surface area contributed by atoms with Crippen molar-refractivity contribution >= 4 is 5.97 Å². The van der Waals surface area contributed by atoms with E-state index >= 15 is 0 Å². The number of aromatic nitrogens is 1. The van der Waals surface area contributed by atoms with Gasteiger partial charge in [0.05, 0.1) is 18.4 Å². The molecule has 0 aliphatic rings. The molecular formula is C13H20N2O3. The Labute approximate surface area is 107 Å². The average Bonchev–Trinajstić information content (AvgIpc) is 2.36. The molecule has 0 aromatic carbocycles. The Morgan fingerprint density at radius 3 is 2.72 bits per heavy atom. The summed E-state index contributed by atoms with van der Waals surface area (Å²) >= 11 is 0. The number of esters is 1. The van der Waals surface area contributed by atoms with Gasteiger partial charge in [-0.2, -0.15) is 0 Å². The maximum atomic E-state index is 11.2. The fourth-order valence-corrected chi connectivity index (χ4v) is 1.47. The third kappa shape index (κ3) is 4.43. The van der Waals surface area contributed by atoms with Crippen molar-refractivity contribution in [3.8, 4) is 0 Å². The Bertz CT molecular complexity index is 388. The zero-order chi connectivity index (χ0) is 13.6. The molecule has 0 saturated carbocycles. The van der Waals surface area contributed by atoms with Gasteiger partial charge in [0.1, 0.15) is 0 Å². The normalized spacial score (nSPS) is 11.3. The molecular weight excluding hydrogens is 232 g/mol. The number of nitrogens with one attached hydrogen (secondary N) is 1. The molecule has 1 rings (SSSR count). The molecule has 0 saturated heterocycles. The van der Waals surface area contributed by atoms with Crippen LogP contribution in [0.2, 0.25) is 0 Å². The first kappa shape index (κ1) is 14.6. The lowest BCUT2D eigenvalue weighted by molar-refractivity contribution is 0.0600. The zero-order valence-electron chi connectivity index (χ0n) is 11.1. The zero-order valence-corrected chi connectivity index (χ0v) is 11.1. The third-order valence-corrected chi connectivity index (χ3v) is 2.73. The minimum atomic E-state index is -0.386. The lowest BCUT2D eigenvalue weighted by Crippen LogP contribution is -2.39. The van der Waals surface area contributed by atoms with E-state index in [0.717, 1.165) is 5.69 Å². The van der Waals surface area contributed by atoms with Crippen molar-refractivity contribution in [3.05, 3.63) is 29.6 Å². The van der Waals surface area contributed by atoms with Crippen LogP contribution in [0.4, 0.5) is 0 Å². The maximum Gasteiger partial charge on any atom is 0.339 e. The molecule has 0 spiro atoms. The molecule has 0 aliphatic heterocycles. The van der Waals surface area contributed by atoms with E-state index in [1.165, 1.54) is 13.3 Å². The Morgan fingerprint density at radius 2 is 2.22 bits per heavy atom. The van der Waals surface area contributed by atoms with Gasteiger partial charge >= 0.3 is 5.97 Å². The summed E-state index contributed by atoms with van der Waals surface area (Å²) in [5.41, 5.74) is 1.14. The standard InChI is InChI=1S/C13H20N2O3/c1-13(2,6-7-16)15-9-11-5-4-10(8-14-11)12(17)18-3/h4-5,8,15-16H,6-7,9H2,1-3H3. The molecule has 5 heteroatoms. The number of aliphatic hydroxyl groups is 1. The molecule has 2 N–H and O–H groups in total. The Morgan fingerprint density at radius 1 is 1.50 bits per heavy atom. The highest BCUT2D eigenvalue weighted by molar-refractivity contribution is 5.88. The quantitative estimate of drug-likeness (QED) is 0.742. The molecule has 0 fully saturated rings. The van der Waals surface area contributed by atoms with Crippen molar-refractivity contribution in [2.75, 3.05) is 13.7 Å². The molecule has 0 amide bonds. The van der Waals surface area contributed by atoms with Crippen LogP contribution in [-0.4, -0.2) is 35.3 Å². The molecule has 0 unspecified atom stereocenters. The molecule has 1 aromatic rings. The third-order valence-electron chi connectivity index (χ3n) is 2.73. The lowest BCUT2D eigenvalue weighted by atomic mass is 10.0. The molecule has 18 heavy (non-hydrogen) atoms. The smallest absolute Gasteiger partial charge is 0.339 e. The van der Waals surface area contributed by atoms with Gasteiger partial charge in [-0.05, 0) is 32.4 Å². The van der Waals surface area contributed by atoms with Crippen molar-refractivity contribution in [1.29, 1.82) is 0 Å². The molecule has 5 nitrogen and oxygen atoms in total. The first-order chi connectivity index (χ1) is 8.48. The van der Waals surface area contributed by atoms with Gasteiger partial charge in [-0.3, -0.25) is 4.98 Å². The number of pyridine rings is 1. The monoisotopic (exact) mass is 252 g/mol. The van der Waals surface area contributed by atoms with Crippen molar-refractivity contribution in [3.63, 3.8) is 0 Å². The first-order valence-corrected chi connectivity index (χ1v) is 5.87. The fourth-order valence-electron chi connectivity index (χ4n) is 1.47. The molecule has 1 aromatic heterocycles. The van der Waals surface area contributed by atoms with Crippen LogP contribution >= 0.6 is 0 Å². The number of hydrogen-bond acceptors (Lipinski definition) is 5. The van der Waals surface area contributed by atoms with Gasteiger partial charge < -0.3 is 15.2 Å². The molecule has 100 valence electrons. The van der Waals surface area contributed by atoms with Crippen molar-refractivity contribution in [2.24, 2.45) is 0 Å². The van der Waals surface area contributed by atoms with Crippen molar-refractivity contribution in [1.82, 2.24) is 10.3 Å². The van der Waals surface area contributed by atoms with E-state index in [2.05, 4.69) is 15.0 Å². The lowest BCUT2D eigenvalue weighted by Gasteiger charge is -2.25. The van der Waals surface area contributed by atoms with Crippen molar-refractivity contribution < 1.29 is 14.6 Å². The van der Waals surface area contributed by atoms with Gasteiger partial charge in [-0.1, -0.05) is 0 Å². The number of rotatable bonds is 6. The summed E-state index contributed by atoms with van der Waals surface area (Å²) in [6.45, 7) is 4.78. The second-order valence-electron chi connectivity index (χ2n) is 4.74. The summed E-state index contributed by atoms with van der Waals surface area (Å²) in [6, 6.07) is 3.48. The molecule has 0 bridgehead atoms. The first-order valence-electron chi connectivity index (χ1n) is 5.87. The maximum absolute atomic E-state index is 11.2. The summed E-state index contributed by atoms with van der Waals surface area (Å²) in [4.78, 5) is 15.4. The van der Waals surface area contributed by atoms with E-state index < -0.39 is 0 Å². The predicted molar refractivity (Wildman–Crippen MR) is 68.2 cm³/mol. The summed E-state index contributed by atoms with van der Waals surface area (Å²) in [6.07, 6.45) is 2.18. The SMILES string of the molecule is COC(=O)c1ccc(CNC(C)(C)CCO)nc1. The van der Waals surface area contributed by atoms with Gasteiger partial charge in [0.25, 0.3) is 0 Å². The number of hydrogen-bond donors (Lipinski definition) is 2. The Kier molecular flexibility index (Phi) is 5.25. The highest BCUT2D eigenvalue weighted by Crippen LogP contribution is 2.09. The number of nitrogens with zero attached hydrogens (tertiary/aromatic N) is 1. The van der Waals surface area contributed by atoms with Crippen molar-refractivity contribution in [2.45, 2.75) is 32.4 Å². The number of carbonyl (C=O) groups excluding carboxylic acids is 1. The summed E-state index contributed by atoms with van der Waals surface area (Å²) in [5, 5.41) is 12.2. The number of carbonyl (C=O) groups is 1. The van der Waals surface area contributed by atoms with Gasteiger partial charge in [0, 0.05) is 24.9 Å². The van der Waals surface area contributed by atoms with E-state index in [1.54, 1.807) is 12.1 Å². The number of methoxy groups -OCH3 is 1. The fraction of sp³-hybridized carbons (Fsp3) is 0.538. The van der Waals surface area contributed by atoms with Gasteiger partial charge in [-0.15, -0.1) is 0 Å². The summed E-state index contributed by atoms with van der Waals surface area (Å²) in [7, 11) is 1.34. The minimum Gasteiger partial charge on any atom is -0.465 e. The van der Waals surface area contributed by atoms with Gasteiger partial charge in [0.15, 0.2) is 0 Å². The van der Waals surface area contributed by atoms with Crippen LogP contribution in [-0.2, 0) is 11.3 Å². The predicted octanol–water partition coefficient (Wildman–Crippen LogP) is 1.12. The highest BCUT2D eigenvalue weighted by atomic mass is 16.5. The second-order valence-corrected chi connectivity index (χ2v) is 4.74. The molecule has 1 heterocycles. The van der Waals surface area contributed by atoms with Crippen LogP contribution in [0.5, 0.6) is 0 Å². The number of aliphatic hydroxyl groups excluding tert-OH is 1. The summed E-state index contributed by atoms with van der Waals surface area (Å²) < 4.78 is 4.60. The van der Waals surface area contributed by atoms with Crippen LogP contribution < -0.4 is 5.32 Å². The number of ether oxygens (including phenoxy) is 1.